The average Bonchev–Trinajstić information content (AvgIpc) is 2.42. The molecule has 0 aliphatic carbocycles. The molecule has 0 N–H and O–H groups in total. The van der Waals surface area contributed by atoms with Crippen LogP contribution < -0.4 is 5.06 Å². The molecular weight excluding hydrogens is 342 g/mol. The first kappa shape index (κ1) is 19.3. The molecule has 12 heteroatoms. The predicted molar refractivity (Wildman–Crippen MR) is 62.9 cm³/mol. The summed E-state index contributed by atoms with van der Waals surface area (Å²) in [4.78, 5) is 6.39. The Morgan fingerprint density at radius 2 is 1.30 bits per heavy atom. The highest BCUT2D eigenvalue weighted by Crippen LogP contribution is 2.50. The first-order chi connectivity index (χ1) is 10.2. The Kier molecular flexibility index (Phi) is 4.81. The number of aryl methyl sites for hydroxylation is 2. The maximum atomic E-state index is 13.5. The van der Waals surface area contributed by atoms with Crippen molar-refractivity contribution < 1.29 is 35.1 Å². The highest BCUT2D eigenvalue weighted by Gasteiger charge is 2.76. The molecule has 1 heterocycles. The number of hydrogen-bond acceptors (Lipinski definition) is 4. The summed E-state index contributed by atoms with van der Waals surface area (Å²) >= 11 is 0. The maximum Gasteiger partial charge on any atom is 0.397 e. The summed E-state index contributed by atoms with van der Waals surface area (Å²) in [6, 6.07) is -6.21. The standard InChI is InChI=1S/C11H10F8N3O/c1-4-5(2)20-8(21-6(4)3)22(23)11(18,19)10(16,17)9(14,15)7(12)13/h7H,1-3H3/q-1. The van der Waals surface area contributed by atoms with Gasteiger partial charge in [-0.3, -0.25) is 0 Å². The molecule has 0 atom stereocenters. The second-order valence-electron chi connectivity index (χ2n) is 4.65. The van der Waals surface area contributed by atoms with Crippen molar-refractivity contribution in [2.24, 2.45) is 0 Å². The Balaban J connectivity index is 3.37. The summed E-state index contributed by atoms with van der Waals surface area (Å²) in [5, 5.41) is 9.50. The zero-order valence-corrected chi connectivity index (χ0v) is 11.9. The lowest BCUT2D eigenvalue weighted by Crippen LogP contribution is -2.63. The largest absolute Gasteiger partial charge is 0.752 e. The second kappa shape index (κ2) is 5.73. The van der Waals surface area contributed by atoms with Gasteiger partial charge in [0.2, 0.25) is 5.95 Å². The molecule has 132 valence electrons. The molecule has 0 spiro atoms. The summed E-state index contributed by atoms with van der Waals surface area (Å²) < 4.78 is 103. The van der Waals surface area contributed by atoms with E-state index in [2.05, 4.69) is 9.97 Å². The fraction of sp³-hybridized carbons (Fsp3) is 0.636. The quantitative estimate of drug-likeness (QED) is 0.459. The molecule has 0 aliphatic heterocycles. The van der Waals surface area contributed by atoms with Crippen molar-refractivity contribution in [3.8, 4) is 0 Å². The third-order valence-corrected chi connectivity index (χ3v) is 3.13. The van der Waals surface area contributed by atoms with Crippen LogP contribution in [0, 0.1) is 26.0 Å². The molecule has 0 radical (unpaired) electrons. The normalized spacial score (nSPS) is 13.6. The van der Waals surface area contributed by atoms with Crippen molar-refractivity contribution in [1.82, 2.24) is 9.97 Å². The van der Waals surface area contributed by atoms with Gasteiger partial charge in [0.1, 0.15) is 0 Å². The fourth-order valence-corrected chi connectivity index (χ4v) is 1.44. The van der Waals surface area contributed by atoms with Gasteiger partial charge in [-0.1, -0.05) is 0 Å². The first-order valence-electron chi connectivity index (χ1n) is 5.88. The van der Waals surface area contributed by atoms with Gasteiger partial charge in [0.25, 0.3) is 0 Å². The zero-order valence-electron chi connectivity index (χ0n) is 11.9. The molecule has 0 amide bonds. The number of anilines is 1. The monoisotopic (exact) mass is 352 g/mol. The van der Waals surface area contributed by atoms with Crippen LogP contribution in [0.3, 0.4) is 0 Å². The fourth-order valence-electron chi connectivity index (χ4n) is 1.44. The van der Waals surface area contributed by atoms with E-state index in [1.807, 2.05) is 0 Å². The Bertz CT molecular complexity index is 570. The molecule has 4 nitrogen and oxygen atoms in total. The van der Waals surface area contributed by atoms with Gasteiger partial charge in [-0.15, -0.1) is 0 Å². The lowest BCUT2D eigenvalue weighted by molar-refractivity contribution is -0.336. The Labute approximate surface area is 124 Å². The minimum atomic E-state index is -6.66. The zero-order chi connectivity index (χ0) is 18.4. The number of halogens is 8. The molecule has 0 aromatic carbocycles. The third kappa shape index (κ3) is 2.91. The number of hydroxylamine groups is 1. The third-order valence-electron chi connectivity index (χ3n) is 3.13. The molecule has 0 aliphatic rings. The molecule has 0 saturated heterocycles. The van der Waals surface area contributed by atoms with Gasteiger partial charge in [-0.05, 0) is 26.3 Å². The summed E-state index contributed by atoms with van der Waals surface area (Å²) in [7, 11) is 0. The van der Waals surface area contributed by atoms with Gasteiger partial charge in [0.15, 0.2) is 0 Å². The van der Waals surface area contributed by atoms with Gasteiger partial charge in [0, 0.05) is 11.4 Å². The van der Waals surface area contributed by atoms with Crippen LogP contribution in [0.1, 0.15) is 17.0 Å². The van der Waals surface area contributed by atoms with Crippen molar-refractivity contribution in [2.45, 2.75) is 45.1 Å². The summed E-state index contributed by atoms with van der Waals surface area (Å²) in [6.07, 6.45) is -5.11. The maximum absolute atomic E-state index is 13.5. The molecular formula is C11H10F8N3O-. The molecule has 0 saturated carbocycles. The van der Waals surface area contributed by atoms with Gasteiger partial charge >= 0.3 is 24.3 Å². The van der Waals surface area contributed by atoms with Crippen LogP contribution in [-0.4, -0.2) is 34.3 Å². The van der Waals surface area contributed by atoms with Crippen molar-refractivity contribution in [1.29, 1.82) is 0 Å². The smallest absolute Gasteiger partial charge is 0.397 e. The molecule has 0 bridgehead atoms. The topological polar surface area (TPSA) is 52.1 Å². The van der Waals surface area contributed by atoms with Gasteiger partial charge in [-0.25, -0.2) is 18.7 Å². The highest BCUT2D eigenvalue weighted by atomic mass is 19.4. The van der Waals surface area contributed by atoms with Gasteiger partial charge in [0.05, 0.1) is 0 Å². The summed E-state index contributed by atoms with van der Waals surface area (Å²) in [5.74, 6) is -14.6. The number of aromatic nitrogens is 2. The highest BCUT2D eigenvalue weighted by molar-refractivity contribution is 5.39. The second-order valence-corrected chi connectivity index (χ2v) is 4.65. The summed E-state index contributed by atoms with van der Waals surface area (Å²) in [5.41, 5.74) is 0.247. The van der Waals surface area contributed by atoms with Crippen LogP contribution in [0.5, 0.6) is 0 Å². The van der Waals surface area contributed by atoms with Crippen molar-refractivity contribution in [2.75, 3.05) is 5.06 Å². The molecule has 0 unspecified atom stereocenters. The number of nitrogens with zero attached hydrogens (tertiary/aromatic N) is 3. The number of hydrogen-bond donors (Lipinski definition) is 0. The first-order valence-corrected chi connectivity index (χ1v) is 5.88. The van der Waals surface area contributed by atoms with Crippen LogP contribution in [0.25, 0.3) is 0 Å². The Morgan fingerprint density at radius 3 is 1.65 bits per heavy atom. The van der Waals surface area contributed by atoms with Crippen LogP contribution >= 0.6 is 0 Å². The molecule has 1 aromatic heterocycles. The molecule has 0 fully saturated rings. The number of alkyl halides is 8. The van der Waals surface area contributed by atoms with Crippen LogP contribution in [-0.2, 0) is 0 Å². The van der Waals surface area contributed by atoms with Gasteiger partial charge in [-0.2, -0.15) is 26.3 Å². The summed E-state index contributed by atoms with van der Waals surface area (Å²) in [6.45, 7) is 3.89. The van der Waals surface area contributed by atoms with E-state index in [4.69, 9.17) is 0 Å². The number of rotatable bonds is 5. The minimum Gasteiger partial charge on any atom is -0.752 e. The molecule has 1 aromatic rings. The van der Waals surface area contributed by atoms with Crippen LogP contribution in [0.4, 0.5) is 41.1 Å². The minimum absolute atomic E-state index is 0.0481. The lowest BCUT2D eigenvalue weighted by Gasteiger charge is -2.42. The van der Waals surface area contributed by atoms with E-state index in [9.17, 15) is 40.3 Å². The van der Waals surface area contributed by atoms with E-state index >= 15 is 0 Å². The molecule has 23 heavy (non-hydrogen) atoms. The van der Waals surface area contributed by atoms with Crippen LogP contribution in [0.15, 0.2) is 0 Å². The van der Waals surface area contributed by atoms with E-state index in [0.717, 1.165) is 0 Å². The van der Waals surface area contributed by atoms with E-state index in [0.29, 0.717) is 5.56 Å². The average molecular weight is 352 g/mol. The Hall–Kier alpha value is -1.72. The van der Waals surface area contributed by atoms with E-state index in [1.54, 1.807) is 0 Å². The van der Waals surface area contributed by atoms with Gasteiger partial charge < -0.3 is 10.3 Å². The van der Waals surface area contributed by atoms with Crippen molar-refractivity contribution >= 4 is 5.95 Å². The molecule has 1 rings (SSSR count). The van der Waals surface area contributed by atoms with E-state index in [-0.39, 0.29) is 11.4 Å². The van der Waals surface area contributed by atoms with Crippen LogP contribution in [0.2, 0.25) is 0 Å². The predicted octanol–water partition coefficient (Wildman–Crippen LogP) is 3.83. The SMILES string of the molecule is Cc1nc(N([O-])C(F)(F)C(F)(F)C(F)(F)C(F)F)nc(C)c1C. The van der Waals surface area contributed by atoms with E-state index in [1.165, 1.54) is 20.8 Å². The Morgan fingerprint density at radius 1 is 0.913 bits per heavy atom. The lowest BCUT2D eigenvalue weighted by atomic mass is 10.1. The van der Waals surface area contributed by atoms with Crippen molar-refractivity contribution in [3.05, 3.63) is 22.2 Å². The van der Waals surface area contributed by atoms with E-state index < -0.39 is 35.3 Å². The van der Waals surface area contributed by atoms with Crippen molar-refractivity contribution in [3.63, 3.8) is 0 Å².